The maximum atomic E-state index is 12.3. The summed E-state index contributed by atoms with van der Waals surface area (Å²) in [6.45, 7) is 1.66. The fourth-order valence-corrected chi connectivity index (χ4v) is 2.80. The number of para-hydroxylation sites is 2. The second-order valence-corrected chi connectivity index (χ2v) is 6.42. The molecule has 0 saturated carbocycles. The molecule has 9 nitrogen and oxygen atoms in total. The summed E-state index contributed by atoms with van der Waals surface area (Å²) in [7, 11) is 0. The van der Waals surface area contributed by atoms with Crippen molar-refractivity contribution in [2.75, 3.05) is 11.1 Å². The lowest BCUT2D eigenvalue weighted by molar-refractivity contribution is 0.0426. The molecule has 2 aromatic heterocycles. The van der Waals surface area contributed by atoms with Gasteiger partial charge in [0.05, 0.1) is 5.39 Å². The molecule has 30 heavy (non-hydrogen) atoms. The Morgan fingerprint density at radius 3 is 2.70 bits per heavy atom. The molecular formula is C21H17N5O4. The van der Waals surface area contributed by atoms with Gasteiger partial charge in [0.1, 0.15) is 5.58 Å². The van der Waals surface area contributed by atoms with Crippen molar-refractivity contribution in [3.8, 4) is 0 Å². The van der Waals surface area contributed by atoms with Gasteiger partial charge < -0.3 is 20.2 Å². The number of rotatable bonds is 5. The van der Waals surface area contributed by atoms with Gasteiger partial charge in [-0.25, -0.2) is 4.79 Å². The molecule has 0 aliphatic heterocycles. The van der Waals surface area contributed by atoms with Crippen LogP contribution in [0.1, 0.15) is 21.9 Å². The van der Waals surface area contributed by atoms with Gasteiger partial charge in [-0.2, -0.15) is 15.0 Å². The molecule has 150 valence electrons. The summed E-state index contributed by atoms with van der Waals surface area (Å²) in [5.74, 6) is -0.677. The number of nitrogen functional groups attached to an aromatic ring is 1. The van der Waals surface area contributed by atoms with Gasteiger partial charge in [-0.15, -0.1) is 0 Å². The number of anilines is 3. The number of nitrogens with one attached hydrogen (secondary N) is 1. The molecule has 0 amide bonds. The van der Waals surface area contributed by atoms with Crippen molar-refractivity contribution in [3.05, 3.63) is 82.0 Å². The molecular weight excluding hydrogens is 386 g/mol. The monoisotopic (exact) mass is 403 g/mol. The zero-order valence-electron chi connectivity index (χ0n) is 16.0. The van der Waals surface area contributed by atoms with E-state index in [4.69, 9.17) is 14.9 Å². The Morgan fingerprint density at radius 2 is 1.87 bits per heavy atom. The molecule has 2 heterocycles. The van der Waals surface area contributed by atoms with Crippen LogP contribution >= 0.6 is 0 Å². The van der Waals surface area contributed by atoms with Crippen molar-refractivity contribution in [1.82, 2.24) is 15.0 Å². The summed E-state index contributed by atoms with van der Waals surface area (Å²) < 4.78 is 10.7. The summed E-state index contributed by atoms with van der Waals surface area (Å²) in [6.07, 6.45) is 0. The average Bonchev–Trinajstić information content (AvgIpc) is 2.73. The molecule has 0 aliphatic carbocycles. The molecule has 0 radical (unpaired) electrons. The van der Waals surface area contributed by atoms with Gasteiger partial charge in [-0.3, -0.25) is 4.79 Å². The number of fused-ring (bicyclic) bond motifs is 1. The number of ether oxygens (including phenoxy) is 1. The summed E-state index contributed by atoms with van der Waals surface area (Å²) >= 11 is 0. The van der Waals surface area contributed by atoms with Crippen LogP contribution in [0, 0.1) is 6.92 Å². The van der Waals surface area contributed by atoms with E-state index in [1.54, 1.807) is 24.3 Å². The van der Waals surface area contributed by atoms with Crippen molar-refractivity contribution in [2.24, 2.45) is 0 Å². The van der Waals surface area contributed by atoms with E-state index in [-0.39, 0.29) is 35.5 Å². The normalized spacial score (nSPS) is 10.7. The van der Waals surface area contributed by atoms with Crippen LogP contribution in [0.2, 0.25) is 0 Å². The largest absolute Gasteiger partial charge is 0.452 e. The number of hydrogen-bond donors (Lipinski definition) is 2. The first kappa shape index (κ1) is 19.1. The molecule has 0 aliphatic rings. The molecule has 9 heteroatoms. The lowest BCUT2D eigenvalue weighted by Crippen LogP contribution is -2.13. The van der Waals surface area contributed by atoms with Gasteiger partial charge in [0.2, 0.25) is 17.7 Å². The minimum absolute atomic E-state index is 0.0237. The van der Waals surface area contributed by atoms with Gasteiger partial charge in [0.15, 0.2) is 17.9 Å². The Labute approximate surface area is 170 Å². The predicted molar refractivity (Wildman–Crippen MR) is 110 cm³/mol. The third-order valence-electron chi connectivity index (χ3n) is 4.26. The lowest BCUT2D eigenvalue weighted by Gasteiger charge is -2.09. The average molecular weight is 403 g/mol. The SMILES string of the molecule is Cc1ccccc1Nc1nc(N)nc(COC(=O)c2cc(=O)c3ccccc3o2)n1. The smallest absolute Gasteiger partial charge is 0.374 e. The summed E-state index contributed by atoms with van der Waals surface area (Å²) in [4.78, 5) is 36.7. The molecule has 0 fully saturated rings. The standard InChI is InChI=1S/C21H17N5O4/c1-12-6-2-4-8-14(12)23-21-25-18(24-20(22)26-21)11-29-19(28)17-10-15(27)13-7-3-5-9-16(13)30-17/h2-10H,11H2,1H3,(H3,22,23,24,25,26). The minimum atomic E-state index is -0.815. The fraction of sp³-hybridized carbons (Fsp3) is 0.0952. The number of aromatic nitrogens is 3. The number of benzene rings is 2. The highest BCUT2D eigenvalue weighted by atomic mass is 16.5. The minimum Gasteiger partial charge on any atom is -0.452 e. The van der Waals surface area contributed by atoms with Crippen LogP contribution in [0.4, 0.5) is 17.6 Å². The molecule has 0 unspecified atom stereocenters. The van der Waals surface area contributed by atoms with Crippen LogP contribution in [0.15, 0.2) is 63.8 Å². The number of esters is 1. The predicted octanol–water partition coefficient (Wildman–Crippen LogP) is 2.97. The Balaban J connectivity index is 1.51. The topological polar surface area (TPSA) is 133 Å². The van der Waals surface area contributed by atoms with Crippen LogP contribution in [0.25, 0.3) is 11.0 Å². The van der Waals surface area contributed by atoms with E-state index in [9.17, 15) is 9.59 Å². The molecule has 0 spiro atoms. The van der Waals surface area contributed by atoms with Crippen LogP contribution < -0.4 is 16.5 Å². The van der Waals surface area contributed by atoms with E-state index in [1.807, 2.05) is 31.2 Å². The van der Waals surface area contributed by atoms with Crippen molar-refractivity contribution in [1.29, 1.82) is 0 Å². The zero-order valence-corrected chi connectivity index (χ0v) is 16.0. The number of nitrogens with zero attached hydrogens (tertiary/aromatic N) is 3. The fourth-order valence-electron chi connectivity index (χ4n) is 2.80. The molecule has 2 aromatic carbocycles. The van der Waals surface area contributed by atoms with E-state index in [1.165, 1.54) is 0 Å². The zero-order chi connectivity index (χ0) is 21.1. The maximum Gasteiger partial charge on any atom is 0.374 e. The molecule has 0 bridgehead atoms. The van der Waals surface area contributed by atoms with E-state index >= 15 is 0 Å². The quantitative estimate of drug-likeness (QED) is 0.482. The van der Waals surface area contributed by atoms with Crippen LogP contribution in [-0.4, -0.2) is 20.9 Å². The van der Waals surface area contributed by atoms with Crippen molar-refractivity contribution in [3.63, 3.8) is 0 Å². The van der Waals surface area contributed by atoms with Crippen molar-refractivity contribution < 1.29 is 13.9 Å². The first-order valence-corrected chi connectivity index (χ1v) is 9.03. The van der Waals surface area contributed by atoms with Gasteiger partial charge in [-0.1, -0.05) is 30.3 Å². The van der Waals surface area contributed by atoms with Crippen LogP contribution in [0.3, 0.4) is 0 Å². The first-order chi connectivity index (χ1) is 14.5. The van der Waals surface area contributed by atoms with E-state index < -0.39 is 5.97 Å². The Bertz CT molecular complexity index is 1300. The number of carbonyl (C=O) groups is 1. The molecule has 4 rings (SSSR count). The van der Waals surface area contributed by atoms with Gasteiger partial charge in [0, 0.05) is 11.8 Å². The van der Waals surface area contributed by atoms with E-state index in [0.29, 0.717) is 11.0 Å². The van der Waals surface area contributed by atoms with Gasteiger partial charge >= 0.3 is 5.97 Å². The highest BCUT2D eigenvalue weighted by Crippen LogP contribution is 2.18. The van der Waals surface area contributed by atoms with Crippen LogP contribution in [-0.2, 0) is 11.3 Å². The lowest BCUT2D eigenvalue weighted by atomic mass is 10.2. The molecule has 4 aromatic rings. The number of nitrogens with two attached hydrogens (primary N) is 1. The Kier molecular flexibility index (Phi) is 5.08. The van der Waals surface area contributed by atoms with Crippen molar-refractivity contribution >= 4 is 34.5 Å². The number of aryl methyl sites for hydroxylation is 1. The molecule has 0 saturated heterocycles. The highest BCUT2D eigenvalue weighted by Gasteiger charge is 2.15. The third-order valence-corrected chi connectivity index (χ3v) is 4.26. The molecule has 3 N–H and O–H groups in total. The summed E-state index contributed by atoms with van der Waals surface area (Å²) in [6, 6.07) is 15.3. The first-order valence-electron chi connectivity index (χ1n) is 9.03. The van der Waals surface area contributed by atoms with E-state index in [2.05, 4.69) is 20.3 Å². The summed E-state index contributed by atoms with van der Waals surface area (Å²) in [5.41, 5.74) is 7.52. The van der Waals surface area contributed by atoms with Gasteiger partial charge in [0.25, 0.3) is 0 Å². The highest BCUT2D eigenvalue weighted by molar-refractivity contribution is 5.88. The Morgan fingerprint density at radius 1 is 1.10 bits per heavy atom. The second kappa shape index (κ2) is 8.00. The summed E-state index contributed by atoms with van der Waals surface area (Å²) in [5, 5.41) is 3.44. The Hall–Kier alpha value is -4.27. The molecule has 0 atom stereocenters. The third kappa shape index (κ3) is 4.09. The number of hydrogen-bond acceptors (Lipinski definition) is 9. The maximum absolute atomic E-state index is 12.3. The second-order valence-electron chi connectivity index (χ2n) is 6.42. The van der Waals surface area contributed by atoms with E-state index in [0.717, 1.165) is 17.3 Å². The van der Waals surface area contributed by atoms with Gasteiger partial charge in [-0.05, 0) is 30.7 Å². The van der Waals surface area contributed by atoms with Crippen molar-refractivity contribution in [2.45, 2.75) is 13.5 Å². The number of carbonyl (C=O) groups excluding carboxylic acids is 1. The van der Waals surface area contributed by atoms with Crippen LogP contribution in [0.5, 0.6) is 0 Å².